The van der Waals surface area contributed by atoms with Gasteiger partial charge in [0, 0.05) is 24.4 Å². The minimum Gasteiger partial charge on any atom is -0.490 e. The van der Waals surface area contributed by atoms with Crippen LogP contribution in [0.15, 0.2) is 36.4 Å². The fourth-order valence-electron chi connectivity index (χ4n) is 2.88. The molecule has 0 bridgehead atoms. The molecule has 0 unspecified atom stereocenters. The molecule has 2 rings (SSSR count). The molecule has 0 aliphatic heterocycles. The van der Waals surface area contributed by atoms with Gasteiger partial charge in [0.05, 0.1) is 19.8 Å². The first kappa shape index (κ1) is 21.3. The monoisotopic (exact) mass is 384 g/mol. The van der Waals surface area contributed by atoms with Crippen LogP contribution < -0.4 is 14.8 Å². The van der Waals surface area contributed by atoms with Gasteiger partial charge in [0.1, 0.15) is 0 Å². The Morgan fingerprint density at radius 2 is 1.64 bits per heavy atom. The number of ether oxygens (including phenoxy) is 2. The second-order valence-corrected chi connectivity index (χ2v) is 6.56. The number of nitrogens with one attached hydrogen (secondary N) is 1. The van der Waals surface area contributed by atoms with Crippen LogP contribution in [0.2, 0.25) is 0 Å². The van der Waals surface area contributed by atoms with Crippen molar-refractivity contribution < 1.29 is 19.1 Å². The first-order valence-electron chi connectivity index (χ1n) is 9.37. The van der Waals surface area contributed by atoms with E-state index in [9.17, 15) is 9.59 Å². The number of hydrogen-bond acceptors (Lipinski definition) is 4. The number of nitrogens with zero attached hydrogens (tertiary/aromatic N) is 1. The summed E-state index contributed by atoms with van der Waals surface area (Å²) < 4.78 is 11.1. The molecule has 2 aromatic carbocycles. The van der Waals surface area contributed by atoms with Gasteiger partial charge in [0.2, 0.25) is 5.91 Å². The Kier molecular flexibility index (Phi) is 7.44. The highest BCUT2D eigenvalue weighted by atomic mass is 16.5. The van der Waals surface area contributed by atoms with Crippen molar-refractivity contribution in [2.45, 2.75) is 27.7 Å². The number of amides is 2. The van der Waals surface area contributed by atoms with Gasteiger partial charge in [-0.1, -0.05) is 17.7 Å². The summed E-state index contributed by atoms with van der Waals surface area (Å²) >= 11 is 0. The van der Waals surface area contributed by atoms with E-state index in [-0.39, 0.29) is 18.4 Å². The van der Waals surface area contributed by atoms with Gasteiger partial charge < -0.3 is 19.7 Å². The Labute approximate surface area is 166 Å². The lowest BCUT2D eigenvalue weighted by molar-refractivity contribution is -0.116. The van der Waals surface area contributed by atoms with E-state index < -0.39 is 0 Å². The molecule has 150 valence electrons. The number of likely N-dealkylation sites (N-methyl/N-ethyl adjacent to an activating group) is 1. The number of aryl methyl sites for hydroxylation is 2. The molecule has 6 heteroatoms. The summed E-state index contributed by atoms with van der Waals surface area (Å²) in [6.07, 6.45) is 0. The van der Waals surface area contributed by atoms with E-state index in [0.717, 1.165) is 11.1 Å². The molecule has 2 amide bonds. The number of benzene rings is 2. The molecule has 28 heavy (non-hydrogen) atoms. The minimum absolute atomic E-state index is 0.0523. The van der Waals surface area contributed by atoms with Crippen molar-refractivity contribution in [3.63, 3.8) is 0 Å². The highest BCUT2D eigenvalue weighted by Gasteiger charge is 2.17. The molecule has 0 heterocycles. The van der Waals surface area contributed by atoms with Crippen LogP contribution in [0.3, 0.4) is 0 Å². The van der Waals surface area contributed by atoms with Gasteiger partial charge in [-0.2, -0.15) is 0 Å². The Bertz CT molecular complexity index is 848. The Morgan fingerprint density at radius 1 is 0.964 bits per heavy atom. The van der Waals surface area contributed by atoms with Crippen molar-refractivity contribution in [3.8, 4) is 11.5 Å². The third-order valence-electron chi connectivity index (χ3n) is 4.17. The van der Waals surface area contributed by atoms with Gasteiger partial charge in [0.25, 0.3) is 5.91 Å². The minimum atomic E-state index is -0.285. The molecule has 0 radical (unpaired) electrons. The number of carbonyl (C=O) groups excluding carboxylic acids is 2. The number of hydrogen-bond donors (Lipinski definition) is 1. The fraction of sp³-hybridized carbons (Fsp3) is 0.364. The lowest BCUT2D eigenvalue weighted by Crippen LogP contribution is -2.35. The molecule has 6 nitrogen and oxygen atoms in total. The predicted molar refractivity (Wildman–Crippen MR) is 110 cm³/mol. The van der Waals surface area contributed by atoms with Crippen molar-refractivity contribution in [3.05, 3.63) is 53.1 Å². The van der Waals surface area contributed by atoms with Crippen LogP contribution in [0.4, 0.5) is 5.69 Å². The van der Waals surface area contributed by atoms with Crippen molar-refractivity contribution in [2.24, 2.45) is 0 Å². The van der Waals surface area contributed by atoms with Gasteiger partial charge in [-0.15, -0.1) is 0 Å². The van der Waals surface area contributed by atoms with E-state index in [2.05, 4.69) is 5.32 Å². The summed E-state index contributed by atoms with van der Waals surface area (Å²) in [4.78, 5) is 26.4. The highest BCUT2D eigenvalue weighted by molar-refractivity contribution is 6.00. The average molecular weight is 384 g/mol. The van der Waals surface area contributed by atoms with E-state index in [0.29, 0.717) is 36.0 Å². The molecule has 2 aromatic rings. The van der Waals surface area contributed by atoms with Gasteiger partial charge in [-0.05, 0) is 51.5 Å². The molecule has 0 fully saturated rings. The molecule has 0 aromatic heterocycles. The summed E-state index contributed by atoms with van der Waals surface area (Å²) in [5, 5.41) is 2.80. The van der Waals surface area contributed by atoms with Crippen LogP contribution in [-0.2, 0) is 4.79 Å². The Morgan fingerprint density at radius 3 is 2.29 bits per heavy atom. The fourth-order valence-corrected chi connectivity index (χ4v) is 2.88. The van der Waals surface area contributed by atoms with Crippen LogP contribution in [0.5, 0.6) is 11.5 Å². The smallest absolute Gasteiger partial charge is 0.254 e. The second kappa shape index (κ2) is 9.78. The molecule has 0 aliphatic rings. The lowest BCUT2D eigenvalue weighted by atomic mass is 10.0. The van der Waals surface area contributed by atoms with Crippen molar-refractivity contribution >= 4 is 17.5 Å². The quantitative estimate of drug-likeness (QED) is 0.751. The maximum Gasteiger partial charge on any atom is 0.254 e. The van der Waals surface area contributed by atoms with Gasteiger partial charge in [0.15, 0.2) is 11.5 Å². The summed E-state index contributed by atoms with van der Waals surface area (Å²) in [7, 11) is 1.62. The lowest BCUT2D eigenvalue weighted by Gasteiger charge is -2.19. The maximum atomic E-state index is 12.6. The number of rotatable bonds is 8. The highest BCUT2D eigenvalue weighted by Crippen LogP contribution is 2.30. The van der Waals surface area contributed by atoms with E-state index in [4.69, 9.17) is 9.47 Å². The standard InChI is InChI=1S/C22H28N2O4/c1-6-27-19-11-9-17(13-20(19)28-7-2)23-21(25)14-24(5)22(26)18-10-8-15(3)12-16(18)4/h8-13H,6-7,14H2,1-5H3,(H,23,25). The molecular weight excluding hydrogens is 356 g/mol. The third kappa shape index (κ3) is 5.49. The molecule has 0 saturated carbocycles. The molecule has 0 aliphatic carbocycles. The molecule has 0 saturated heterocycles. The molecular formula is C22H28N2O4. The first-order valence-corrected chi connectivity index (χ1v) is 9.37. The number of carbonyl (C=O) groups is 2. The van der Waals surface area contributed by atoms with E-state index in [1.165, 1.54) is 4.90 Å². The molecule has 1 N–H and O–H groups in total. The number of anilines is 1. The van der Waals surface area contributed by atoms with Crippen molar-refractivity contribution in [1.29, 1.82) is 0 Å². The summed E-state index contributed by atoms with van der Waals surface area (Å²) in [6, 6.07) is 10.9. The zero-order chi connectivity index (χ0) is 20.7. The van der Waals surface area contributed by atoms with E-state index in [1.54, 1.807) is 31.3 Å². The van der Waals surface area contributed by atoms with Crippen LogP contribution in [0.1, 0.15) is 35.3 Å². The summed E-state index contributed by atoms with van der Waals surface area (Å²) in [5.74, 6) is 0.730. The Balaban J connectivity index is 2.04. The maximum absolute atomic E-state index is 12.6. The van der Waals surface area contributed by atoms with E-state index >= 15 is 0 Å². The largest absolute Gasteiger partial charge is 0.490 e. The Hall–Kier alpha value is -3.02. The van der Waals surface area contributed by atoms with E-state index in [1.807, 2.05) is 39.8 Å². The normalized spacial score (nSPS) is 10.3. The van der Waals surface area contributed by atoms with Crippen LogP contribution in [0.25, 0.3) is 0 Å². The SMILES string of the molecule is CCOc1ccc(NC(=O)CN(C)C(=O)c2ccc(C)cc2C)cc1OCC. The summed E-state index contributed by atoms with van der Waals surface area (Å²) in [6.45, 7) is 8.61. The average Bonchev–Trinajstić information content (AvgIpc) is 2.63. The zero-order valence-electron chi connectivity index (χ0n) is 17.2. The first-order chi connectivity index (χ1) is 13.3. The van der Waals surface area contributed by atoms with Gasteiger partial charge >= 0.3 is 0 Å². The van der Waals surface area contributed by atoms with Crippen LogP contribution in [0, 0.1) is 13.8 Å². The predicted octanol–water partition coefficient (Wildman–Crippen LogP) is 3.81. The van der Waals surface area contributed by atoms with Crippen molar-refractivity contribution in [1.82, 2.24) is 4.90 Å². The van der Waals surface area contributed by atoms with Gasteiger partial charge in [-0.25, -0.2) is 0 Å². The topological polar surface area (TPSA) is 67.9 Å². The molecule has 0 atom stereocenters. The zero-order valence-corrected chi connectivity index (χ0v) is 17.2. The van der Waals surface area contributed by atoms with Crippen LogP contribution in [-0.4, -0.2) is 43.5 Å². The second-order valence-electron chi connectivity index (χ2n) is 6.56. The van der Waals surface area contributed by atoms with Crippen molar-refractivity contribution in [2.75, 3.05) is 32.1 Å². The summed E-state index contributed by atoms with van der Waals surface area (Å²) in [5.41, 5.74) is 3.17. The molecule has 0 spiro atoms. The third-order valence-corrected chi connectivity index (χ3v) is 4.17. The van der Waals surface area contributed by atoms with Gasteiger partial charge in [-0.3, -0.25) is 9.59 Å². The van der Waals surface area contributed by atoms with Crippen LogP contribution >= 0.6 is 0 Å².